The monoisotopic (exact) mass is 904 g/mol. The van der Waals surface area contributed by atoms with Gasteiger partial charge in [0.05, 0.1) is 6.10 Å². The van der Waals surface area contributed by atoms with Crippen molar-refractivity contribution in [3.8, 4) is 11.5 Å². The highest BCUT2D eigenvalue weighted by atomic mass is 33.1. The fraction of sp³-hybridized carbons (Fsp3) is 0.714. The number of carbonyl (C=O) groups is 2. The number of nitrogens with two attached hydrogens (primary N) is 2. The van der Waals surface area contributed by atoms with Gasteiger partial charge in [-0.3, -0.25) is 14.6 Å². The molecule has 1 amide bonds. The predicted octanol–water partition coefficient (Wildman–Crippen LogP) is 8.52. The number of carbonyl (C=O) groups excluding carboxylic acids is 2. The number of phenolic OH excluding ortho intramolecular Hbond substituents is 1. The summed E-state index contributed by atoms with van der Waals surface area (Å²) in [4.78, 5) is 37.6. The number of aromatic hydroxyl groups is 1. The summed E-state index contributed by atoms with van der Waals surface area (Å²) in [5, 5.41) is 27.2. The van der Waals surface area contributed by atoms with E-state index in [-0.39, 0.29) is 40.6 Å². The van der Waals surface area contributed by atoms with Gasteiger partial charge in [-0.05, 0) is 138 Å². The smallest absolute Gasteiger partial charge is 0.302 e. The molecule has 0 radical (unpaired) electrons. The zero-order chi connectivity index (χ0) is 44.0. The van der Waals surface area contributed by atoms with Crippen LogP contribution in [0.3, 0.4) is 0 Å². The first-order valence-corrected chi connectivity index (χ1v) is 26.5. The van der Waals surface area contributed by atoms with Crippen molar-refractivity contribution in [1.82, 2.24) is 15.2 Å². The Morgan fingerprint density at radius 1 is 0.968 bits per heavy atom. The minimum absolute atomic E-state index is 0.0301. The molecule has 6 atom stereocenters. The standard InChI is InChI=1S/C49H72N6O6S2/c1-33(56)60-39-15-13-36-27-37(44(59)45-40(36)16-14-35-10-8-12-41(35)61-45)31-55-32-47(30-43(55)58,29-34-17-23-52-42(50)26-34)22-24-53-46(51)54-49(21-9-20-48(49)18-5-6-19-48)63-62-25-7-3-2-4-11-38(57)28-39/h17,23,26-27,35,38-39,41,57,59H,2-16,18-22,24-25,28-32H2,1H3,(H2,50,52)(H3,51,53,54)/t35-,38-,39+,41+,47+,49-/m0/s1. The van der Waals surface area contributed by atoms with Crippen molar-refractivity contribution in [3.63, 3.8) is 0 Å². The molecular weight excluding hydrogens is 833 g/mol. The van der Waals surface area contributed by atoms with E-state index in [1.807, 2.05) is 38.6 Å². The van der Waals surface area contributed by atoms with Crippen LogP contribution in [0, 0.1) is 16.7 Å². The maximum absolute atomic E-state index is 14.3. The molecule has 4 fully saturated rings. The lowest BCUT2D eigenvalue weighted by atomic mass is 9.78. The zero-order valence-electron chi connectivity index (χ0n) is 37.6. The van der Waals surface area contributed by atoms with Crippen LogP contribution in [-0.2, 0) is 40.1 Å². The first kappa shape index (κ1) is 46.2. The Labute approximate surface area is 382 Å². The van der Waals surface area contributed by atoms with Crippen LogP contribution in [0.15, 0.2) is 29.4 Å². The summed E-state index contributed by atoms with van der Waals surface area (Å²) < 4.78 is 12.6. The van der Waals surface area contributed by atoms with E-state index in [1.54, 1.807) is 6.20 Å². The second-order valence-electron chi connectivity index (χ2n) is 20.0. The second-order valence-corrected chi connectivity index (χ2v) is 22.7. The van der Waals surface area contributed by atoms with Crippen LogP contribution in [0.25, 0.3) is 0 Å². The van der Waals surface area contributed by atoms with Crippen molar-refractivity contribution in [2.24, 2.45) is 27.5 Å². The molecule has 7 N–H and O–H groups in total. The number of nitrogens with zero attached hydrogens (tertiary/aromatic N) is 3. The molecule has 1 aromatic heterocycles. The number of aliphatic imine (C=N–C) groups is 1. The summed E-state index contributed by atoms with van der Waals surface area (Å²) in [7, 11) is 3.95. The molecule has 63 heavy (non-hydrogen) atoms. The molecule has 4 bridgehead atoms. The summed E-state index contributed by atoms with van der Waals surface area (Å²) in [5.41, 5.74) is 16.6. The molecule has 3 aliphatic heterocycles. The number of fused-ring (bicyclic) bond motifs is 8. The van der Waals surface area contributed by atoms with Gasteiger partial charge >= 0.3 is 5.97 Å². The Hall–Kier alpha value is -3.36. The summed E-state index contributed by atoms with van der Waals surface area (Å²) >= 11 is 0. The number of aromatic nitrogens is 1. The number of nitrogens with one attached hydrogen (secondary N) is 1. The van der Waals surface area contributed by atoms with Gasteiger partial charge < -0.3 is 41.4 Å². The number of guanidine groups is 1. The van der Waals surface area contributed by atoms with Gasteiger partial charge in [0.2, 0.25) is 5.91 Å². The number of aliphatic hydroxyl groups is 1. The van der Waals surface area contributed by atoms with E-state index in [1.165, 1.54) is 45.4 Å². The number of amides is 1. The van der Waals surface area contributed by atoms with Gasteiger partial charge in [0, 0.05) is 73.3 Å². The van der Waals surface area contributed by atoms with Crippen molar-refractivity contribution >= 4 is 45.2 Å². The average Bonchev–Trinajstić information content (AvgIpc) is 4.02. The van der Waals surface area contributed by atoms with Crippen LogP contribution >= 0.6 is 21.6 Å². The number of nitrogen functional groups attached to an aromatic ring is 1. The van der Waals surface area contributed by atoms with E-state index >= 15 is 0 Å². The Bertz CT molecular complexity index is 1960. The van der Waals surface area contributed by atoms with Gasteiger partial charge in [-0.1, -0.05) is 53.7 Å². The second kappa shape index (κ2) is 20.4. The summed E-state index contributed by atoms with van der Waals surface area (Å²) in [6.07, 6.45) is 22.1. The Morgan fingerprint density at radius 3 is 2.62 bits per heavy atom. The Morgan fingerprint density at radius 2 is 1.79 bits per heavy atom. The third-order valence-corrected chi connectivity index (χ3v) is 18.8. The molecule has 346 valence electrons. The number of rotatable bonds is 3. The number of hydrogen-bond acceptors (Lipinski definition) is 13. The van der Waals surface area contributed by atoms with Crippen LogP contribution in [0.5, 0.6) is 11.5 Å². The number of esters is 1. The molecule has 0 unspecified atom stereocenters. The fourth-order valence-corrected chi connectivity index (χ4v) is 15.9. The summed E-state index contributed by atoms with van der Waals surface area (Å²) in [6.45, 7) is 2.64. The number of anilines is 1. The van der Waals surface area contributed by atoms with Crippen LogP contribution in [-0.4, -0.2) is 80.0 Å². The summed E-state index contributed by atoms with van der Waals surface area (Å²) in [6, 6.07) is 5.94. The lowest BCUT2D eigenvalue weighted by Crippen LogP contribution is -2.55. The van der Waals surface area contributed by atoms with Crippen molar-refractivity contribution in [2.75, 3.05) is 24.6 Å². The third kappa shape index (κ3) is 10.9. The van der Waals surface area contributed by atoms with Crippen LogP contribution in [0.1, 0.15) is 158 Å². The molecule has 4 heterocycles. The first-order chi connectivity index (χ1) is 30.4. The van der Waals surface area contributed by atoms with Crippen molar-refractivity contribution in [2.45, 2.75) is 184 Å². The minimum Gasteiger partial charge on any atom is -0.504 e. The van der Waals surface area contributed by atoms with E-state index in [0.29, 0.717) is 87.0 Å². The largest absolute Gasteiger partial charge is 0.504 e. The SMILES string of the molecule is CC(=O)O[C@@H]1CCc2cc(c(O)c3c2CC[C@@H]2CCC[C@H]2O3)CN2C[C@@](Cc3ccnc(N)c3)(CCN=C(N)N[C@@]3(CCCC34CCCC4)SSCCCCCC[C@H](O)C1)CC2=O. The van der Waals surface area contributed by atoms with Gasteiger partial charge in [0.15, 0.2) is 17.5 Å². The van der Waals surface area contributed by atoms with Gasteiger partial charge in [-0.2, -0.15) is 0 Å². The van der Waals surface area contributed by atoms with Crippen LogP contribution in [0.2, 0.25) is 0 Å². The van der Waals surface area contributed by atoms with Gasteiger partial charge in [-0.25, -0.2) is 4.98 Å². The maximum Gasteiger partial charge on any atom is 0.302 e. The fourth-order valence-electron chi connectivity index (χ4n) is 12.3. The molecule has 6 aliphatic rings. The number of aryl methyl sites for hydroxylation is 1. The topological polar surface area (TPSA) is 186 Å². The minimum atomic E-state index is -0.568. The van der Waals surface area contributed by atoms with E-state index in [4.69, 9.17) is 25.9 Å². The first-order valence-electron chi connectivity index (χ1n) is 24.2. The quantitative estimate of drug-likeness (QED) is 0.146. The van der Waals surface area contributed by atoms with Gasteiger partial charge in [0.25, 0.3) is 0 Å². The number of ether oxygens (including phenoxy) is 2. The molecule has 3 aliphatic carbocycles. The lowest BCUT2D eigenvalue weighted by Gasteiger charge is -2.44. The maximum atomic E-state index is 14.3. The molecule has 2 spiro atoms. The average molecular weight is 905 g/mol. The molecule has 1 saturated heterocycles. The summed E-state index contributed by atoms with van der Waals surface area (Å²) in [5.74, 6) is 2.78. The number of pyridine rings is 1. The zero-order valence-corrected chi connectivity index (χ0v) is 39.2. The van der Waals surface area contributed by atoms with Crippen molar-refractivity contribution in [3.05, 3.63) is 46.6 Å². The van der Waals surface area contributed by atoms with E-state index in [9.17, 15) is 19.8 Å². The Kier molecular flexibility index (Phi) is 15.0. The normalized spacial score (nSPS) is 31.1. The number of aliphatic hydroxyl groups excluding tert-OH is 1. The predicted molar refractivity (Wildman–Crippen MR) is 252 cm³/mol. The Balaban J connectivity index is 1.10. The number of benzene rings is 1. The molecular formula is C49H72N6O6S2. The third-order valence-electron chi connectivity index (χ3n) is 15.5. The van der Waals surface area contributed by atoms with Crippen molar-refractivity contribution < 1.29 is 29.3 Å². The highest BCUT2D eigenvalue weighted by Gasteiger charge is 2.57. The molecule has 14 heteroatoms. The lowest BCUT2D eigenvalue weighted by molar-refractivity contribution is -0.148. The molecule has 3 saturated carbocycles. The van der Waals surface area contributed by atoms with E-state index in [0.717, 1.165) is 86.7 Å². The number of phenols is 1. The van der Waals surface area contributed by atoms with E-state index < -0.39 is 17.6 Å². The number of hydrogen-bond donors (Lipinski definition) is 5. The molecule has 2 aromatic rings. The highest BCUT2D eigenvalue weighted by Crippen LogP contribution is 2.63. The molecule has 8 rings (SSSR count). The molecule has 12 nitrogen and oxygen atoms in total. The molecule has 1 aromatic carbocycles. The van der Waals surface area contributed by atoms with Crippen LogP contribution < -0.4 is 21.5 Å². The van der Waals surface area contributed by atoms with Gasteiger partial charge in [0.1, 0.15) is 22.9 Å². The highest BCUT2D eigenvalue weighted by molar-refractivity contribution is 8.77. The van der Waals surface area contributed by atoms with Crippen molar-refractivity contribution in [1.29, 1.82) is 0 Å². The van der Waals surface area contributed by atoms with Crippen LogP contribution in [0.4, 0.5) is 5.82 Å². The van der Waals surface area contributed by atoms with Gasteiger partial charge in [-0.15, -0.1) is 0 Å². The van der Waals surface area contributed by atoms with E-state index in [2.05, 4.69) is 16.4 Å².